The van der Waals surface area contributed by atoms with Crippen molar-refractivity contribution < 1.29 is 9.53 Å². The van der Waals surface area contributed by atoms with Gasteiger partial charge in [0.25, 0.3) is 0 Å². The molecule has 24 heavy (non-hydrogen) atoms. The minimum atomic E-state index is -0.0487. The molecule has 1 aromatic carbocycles. The van der Waals surface area contributed by atoms with Crippen LogP contribution in [0.4, 0.5) is 5.82 Å². The van der Waals surface area contributed by atoms with Gasteiger partial charge in [0.2, 0.25) is 5.91 Å². The molecule has 2 rings (SSSR count). The van der Waals surface area contributed by atoms with Crippen molar-refractivity contribution >= 4 is 11.7 Å². The Morgan fingerprint density at radius 2 is 2.12 bits per heavy atom. The Hall–Kier alpha value is -2.34. The largest absolute Gasteiger partial charge is 0.496 e. The Kier molecular flexibility index (Phi) is 5.98. The van der Waals surface area contributed by atoms with Crippen molar-refractivity contribution in [2.45, 2.75) is 26.3 Å². The second-order valence-electron chi connectivity index (χ2n) is 6.12. The maximum Gasteiger partial charge on any atom is 0.239 e. The molecule has 0 saturated carbocycles. The number of ether oxygens (including phenoxy) is 1. The van der Waals surface area contributed by atoms with Crippen molar-refractivity contribution in [2.24, 2.45) is 7.05 Å². The molecule has 1 heterocycles. The number of para-hydroxylation sites is 1. The summed E-state index contributed by atoms with van der Waals surface area (Å²) in [5, 5.41) is 7.13. The van der Waals surface area contributed by atoms with Crippen LogP contribution in [0.5, 0.6) is 5.75 Å². The summed E-state index contributed by atoms with van der Waals surface area (Å²) in [6, 6.07) is 10.0. The number of methoxy groups -OCH3 is 1. The lowest BCUT2D eigenvalue weighted by molar-refractivity contribution is -0.117. The van der Waals surface area contributed by atoms with E-state index in [-0.39, 0.29) is 11.9 Å². The molecule has 0 aliphatic carbocycles. The molecule has 1 N–H and O–H groups in total. The Balaban J connectivity index is 1.92. The molecule has 130 valence electrons. The van der Waals surface area contributed by atoms with Crippen LogP contribution in [-0.2, 0) is 18.3 Å². The number of aromatic nitrogens is 2. The van der Waals surface area contributed by atoms with Gasteiger partial charge in [-0.25, -0.2) is 0 Å². The standard InChI is InChI=1S/C18H26N4O2/c1-13-10-17(22(4)20-13)19-18(23)12-21(3)14(2)11-15-8-6-7-9-16(15)24-5/h6-10,14H,11-12H2,1-5H3,(H,19,23). The van der Waals surface area contributed by atoms with Gasteiger partial charge in [-0.05, 0) is 38.9 Å². The number of rotatable bonds is 7. The third-order valence-corrected chi connectivity index (χ3v) is 4.12. The average molecular weight is 330 g/mol. The molecule has 0 aliphatic rings. The number of nitrogens with one attached hydrogen (secondary N) is 1. The van der Waals surface area contributed by atoms with E-state index in [1.807, 2.05) is 50.2 Å². The van der Waals surface area contributed by atoms with Gasteiger partial charge in [-0.2, -0.15) is 5.10 Å². The number of hydrogen-bond donors (Lipinski definition) is 1. The maximum atomic E-state index is 12.2. The summed E-state index contributed by atoms with van der Waals surface area (Å²) in [5.74, 6) is 1.54. The molecule has 0 saturated heterocycles. The zero-order valence-corrected chi connectivity index (χ0v) is 15.0. The van der Waals surface area contributed by atoms with E-state index in [1.54, 1.807) is 11.8 Å². The Morgan fingerprint density at radius 3 is 2.75 bits per heavy atom. The lowest BCUT2D eigenvalue weighted by atomic mass is 10.1. The van der Waals surface area contributed by atoms with Gasteiger partial charge >= 0.3 is 0 Å². The van der Waals surface area contributed by atoms with Gasteiger partial charge in [0.05, 0.1) is 19.3 Å². The minimum absolute atomic E-state index is 0.0487. The first-order valence-corrected chi connectivity index (χ1v) is 8.03. The van der Waals surface area contributed by atoms with E-state index in [9.17, 15) is 4.79 Å². The fourth-order valence-corrected chi connectivity index (χ4v) is 2.64. The van der Waals surface area contributed by atoms with Gasteiger partial charge in [0.1, 0.15) is 11.6 Å². The van der Waals surface area contributed by atoms with Crippen LogP contribution >= 0.6 is 0 Å². The third-order valence-electron chi connectivity index (χ3n) is 4.12. The van der Waals surface area contributed by atoms with Crippen LogP contribution in [0.25, 0.3) is 0 Å². The quantitative estimate of drug-likeness (QED) is 0.846. The smallest absolute Gasteiger partial charge is 0.239 e. The summed E-state index contributed by atoms with van der Waals surface area (Å²) >= 11 is 0. The molecule has 1 unspecified atom stereocenters. The van der Waals surface area contributed by atoms with E-state index in [0.717, 1.165) is 23.4 Å². The number of anilines is 1. The van der Waals surface area contributed by atoms with Crippen molar-refractivity contribution in [3.8, 4) is 5.75 Å². The van der Waals surface area contributed by atoms with Gasteiger partial charge < -0.3 is 10.1 Å². The van der Waals surface area contributed by atoms with E-state index in [4.69, 9.17) is 4.74 Å². The first-order valence-electron chi connectivity index (χ1n) is 8.03. The number of carbonyl (C=O) groups excluding carboxylic acids is 1. The van der Waals surface area contributed by atoms with Gasteiger partial charge in [-0.1, -0.05) is 18.2 Å². The van der Waals surface area contributed by atoms with Crippen LogP contribution in [-0.4, -0.2) is 47.3 Å². The van der Waals surface area contributed by atoms with E-state index in [0.29, 0.717) is 12.4 Å². The number of carbonyl (C=O) groups is 1. The van der Waals surface area contributed by atoms with Crippen molar-refractivity contribution in [1.82, 2.24) is 14.7 Å². The Morgan fingerprint density at radius 1 is 1.42 bits per heavy atom. The molecule has 2 aromatic rings. The molecule has 6 nitrogen and oxygen atoms in total. The van der Waals surface area contributed by atoms with Gasteiger partial charge in [0.15, 0.2) is 0 Å². The molecule has 0 fully saturated rings. The zero-order chi connectivity index (χ0) is 17.7. The molecule has 1 atom stereocenters. The van der Waals surface area contributed by atoms with E-state index in [2.05, 4.69) is 23.4 Å². The summed E-state index contributed by atoms with van der Waals surface area (Å²) in [4.78, 5) is 14.3. The highest BCUT2D eigenvalue weighted by molar-refractivity contribution is 5.91. The third kappa shape index (κ3) is 4.58. The Labute approximate surface area is 143 Å². The fourth-order valence-electron chi connectivity index (χ4n) is 2.64. The van der Waals surface area contributed by atoms with Crippen LogP contribution in [0.3, 0.4) is 0 Å². The first kappa shape index (κ1) is 18.0. The number of amides is 1. The molecule has 0 aliphatic heterocycles. The molecule has 1 amide bonds. The van der Waals surface area contributed by atoms with Crippen LogP contribution < -0.4 is 10.1 Å². The topological polar surface area (TPSA) is 59.4 Å². The summed E-state index contributed by atoms with van der Waals surface area (Å²) in [6.07, 6.45) is 0.818. The molecule has 6 heteroatoms. The van der Waals surface area contributed by atoms with E-state index >= 15 is 0 Å². The number of likely N-dealkylation sites (N-methyl/N-ethyl adjacent to an activating group) is 1. The van der Waals surface area contributed by atoms with Crippen molar-refractivity contribution in [1.29, 1.82) is 0 Å². The number of aryl methyl sites for hydroxylation is 2. The van der Waals surface area contributed by atoms with Gasteiger partial charge in [-0.3, -0.25) is 14.4 Å². The summed E-state index contributed by atoms with van der Waals surface area (Å²) < 4.78 is 7.07. The molecule has 0 bridgehead atoms. The molecular formula is C18H26N4O2. The monoisotopic (exact) mass is 330 g/mol. The maximum absolute atomic E-state index is 12.2. The lowest BCUT2D eigenvalue weighted by Crippen LogP contribution is -2.37. The average Bonchev–Trinajstić information content (AvgIpc) is 2.85. The SMILES string of the molecule is COc1ccccc1CC(C)N(C)CC(=O)Nc1cc(C)nn1C. The number of benzene rings is 1. The predicted molar refractivity (Wildman–Crippen MR) is 95.4 cm³/mol. The predicted octanol–water partition coefficient (Wildman–Crippen LogP) is 2.24. The second-order valence-corrected chi connectivity index (χ2v) is 6.12. The van der Waals surface area contributed by atoms with Crippen LogP contribution in [0.15, 0.2) is 30.3 Å². The molecule has 0 spiro atoms. The van der Waals surface area contributed by atoms with Crippen LogP contribution in [0.1, 0.15) is 18.2 Å². The summed E-state index contributed by atoms with van der Waals surface area (Å²) in [7, 11) is 5.45. The van der Waals surface area contributed by atoms with E-state index in [1.165, 1.54) is 0 Å². The highest BCUT2D eigenvalue weighted by Crippen LogP contribution is 2.20. The number of hydrogen-bond acceptors (Lipinski definition) is 4. The first-order chi connectivity index (χ1) is 11.4. The highest BCUT2D eigenvalue weighted by atomic mass is 16.5. The summed E-state index contributed by atoms with van der Waals surface area (Å²) in [6.45, 7) is 4.32. The fraction of sp³-hybridized carbons (Fsp3) is 0.444. The molecule has 1 aromatic heterocycles. The lowest BCUT2D eigenvalue weighted by Gasteiger charge is -2.24. The van der Waals surface area contributed by atoms with Crippen molar-refractivity contribution in [2.75, 3.05) is 26.0 Å². The minimum Gasteiger partial charge on any atom is -0.496 e. The van der Waals surface area contributed by atoms with E-state index < -0.39 is 0 Å². The number of nitrogens with zero attached hydrogens (tertiary/aromatic N) is 3. The summed E-state index contributed by atoms with van der Waals surface area (Å²) in [5.41, 5.74) is 2.02. The van der Waals surface area contributed by atoms with Gasteiger partial charge in [-0.15, -0.1) is 0 Å². The van der Waals surface area contributed by atoms with Crippen molar-refractivity contribution in [3.05, 3.63) is 41.6 Å². The zero-order valence-electron chi connectivity index (χ0n) is 15.0. The normalized spacial score (nSPS) is 12.2. The van der Waals surface area contributed by atoms with Gasteiger partial charge in [0, 0.05) is 19.2 Å². The Bertz CT molecular complexity index is 696. The molecular weight excluding hydrogens is 304 g/mol. The van der Waals surface area contributed by atoms with Crippen molar-refractivity contribution in [3.63, 3.8) is 0 Å². The second kappa shape index (κ2) is 7.97. The molecule has 0 radical (unpaired) electrons. The van der Waals surface area contributed by atoms with Crippen LogP contribution in [0, 0.1) is 6.92 Å². The van der Waals surface area contributed by atoms with Crippen LogP contribution in [0.2, 0.25) is 0 Å². The highest BCUT2D eigenvalue weighted by Gasteiger charge is 2.16.